The van der Waals surface area contributed by atoms with E-state index >= 15 is 0 Å². The van der Waals surface area contributed by atoms with Crippen molar-refractivity contribution in [2.75, 3.05) is 19.5 Å². The Labute approximate surface area is 225 Å². The van der Waals surface area contributed by atoms with Crippen LogP contribution in [0.4, 0.5) is 24.8 Å². The van der Waals surface area contributed by atoms with E-state index in [1.54, 1.807) is 53.3 Å². The Bertz CT molecular complexity index is 1670. The van der Waals surface area contributed by atoms with Crippen molar-refractivity contribution >= 4 is 23.2 Å². The molecule has 0 unspecified atom stereocenters. The predicted molar refractivity (Wildman–Crippen MR) is 139 cm³/mol. The number of rotatable bonds is 8. The van der Waals surface area contributed by atoms with Gasteiger partial charge in [-0.2, -0.15) is 13.2 Å². The van der Waals surface area contributed by atoms with Crippen LogP contribution in [0.2, 0.25) is 0 Å². The molecule has 1 aromatic carbocycles. The highest BCUT2D eigenvalue weighted by atomic mass is 19.4. The average Bonchev–Trinajstić information content (AvgIpc) is 3.36. The molecule has 0 bridgehead atoms. The quantitative estimate of drug-likeness (QED) is 0.281. The van der Waals surface area contributed by atoms with Crippen molar-refractivity contribution in [1.82, 2.24) is 29.9 Å². The molecular formula is C27H22F3N7O3. The zero-order valence-corrected chi connectivity index (χ0v) is 21.2. The zero-order valence-electron chi connectivity index (χ0n) is 21.2. The summed E-state index contributed by atoms with van der Waals surface area (Å²) in [4.78, 5) is 25.8. The van der Waals surface area contributed by atoms with E-state index in [2.05, 4.69) is 30.7 Å². The summed E-state index contributed by atoms with van der Waals surface area (Å²) in [5, 5.41) is 10.2. The second kappa shape index (κ2) is 10.9. The number of carbonyl (C=O) groups excluding carboxylic acids is 1. The Hall–Kier alpha value is -5.20. The summed E-state index contributed by atoms with van der Waals surface area (Å²) < 4.78 is 50.4. The largest absolute Gasteiger partial charge is 0.491 e. The van der Waals surface area contributed by atoms with Crippen LogP contribution in [0.15, 0.2) is 73.1 Å². The van der Waals surface area contributed by atoms with Crippen LogP contribution in [0.5, 0.6) is 11.6 Å². The fourth-order valence-electron chi connectivity index (χ4n) is 3.84. The third-order valence-electron chi connectivity index (χ3n) is 5.82. The number of halogens is 3. The first-order chi connectivity index (χ1) is 19.2. The third-order valence-corrected chi connectivity index (χ3v) is 5.82. The summed E-state index contributed by atoms with van der Waals surface area (Å²) >= 11 is 0. The summed E-state index contributed by atoms with van der Waals surface area (Å²) in [5.74, 6) is 1.32. The van der Waals surface area contributed by atoms with Gasteiger partial charge in [-0.3, -0.25) is 4.79 Å². The molecule has 10 nitrogen and oxygen atoms in total. The number of hydrogen-bond acceptors (Lipinski definition) is 8. The minimum atomic E-state index is -4.46. The SMILES string of the molecule is COc1cc(-c2ccn3nc(Nc4cccc(CNC(=O)c5ccc(C(F)(F)F)cc5)n4)cc3n2)cnc1OC. The lowest BCUT2D eigenvalue weighted by atomic mass is 10.1. The number of carbonyl (C=O) groups is 1. The number of pyridine rings is 2. The average molecular weight is 550 g/mol. The molecule has 0 aliphatic rings. The smallest absolute Gasteiger partial charge is 0.416 e. The summed E-state index contributed by atoms with van der Waals surface area (Å²) in [5.41, 5.74) is 1.81. The van der Waals surface area contributed by atoms with Crippen LogP contribution in [-0.2, 0) is 12.7 Å². The second-order valence-electron chi connectivity index (χ2n) is 8.48. The summed E-state index contributed by atoms with van der Waals surface area (Å²) in [7, 11) is 3.05. The first-order valence-electron chi connectivity index (χ1n) is 11.9. The number of nitrogens with one attached hydrogen (secondary N) is 2. The van der Waals surface area contributed by atoms with E-state index in [-0.39, 0.29) is 12.1 Å². The number of anilines is 2. The van der Waals surface area contributed by atoms with Crippen LogP contribution >= 0.6 is 0 Å². The number of ether oxygens (including phenoxy) is 2. The van der Waals surface area contributed by atoms with Gasteiger partial charge in [-0.25, -0.2) is 19.5 Å². The Morgan fingerprint density at radius 1 is 0.975 bits per heavy atom. The number of aromatic nitrogens is 5. The molecule has 0 aliphatic carbocycles. The first kappa shape index (κ1) is 26.4. The van der Waals surface area contributed by atoms with Crippen LogP contribution in [-0.4, -0.2) is 44.7 Å². The van der Waals surface area contributed by atoms with Gasteiger partial charge in [-0.05, 0) is 48.5 Å². The van der Waals surface area contributed by atoms with Gasteiger partial charge in [0.1, 0.15) is 5.82 Å². The van der Waals surface area contributed by atoms with Crippen LogP contribution in [0, 0.1) is 0 Å². The van der Waals surface area contributed by atoms with E-state index in [1.165, 1.54) is 14.2 Å². The number of alkyl halides is 3. The Morgan fingerprint density at radius 2 is 1.77 bits per heavy atom. The zero-order chi connectivity index (χ0) is 28.3. The molecule has 0 aliphatic heterocycles. The molecule has 4 aromatic heterocycles. The normalized spacial score (nSPS) is 11.3. The molecular weight excluding hydrogens is 527 g/mol. The van der Waals surface area contributed by atoms with Crippen LogP contribution in [0.1, 0.15) is 21.6 Å². The molecule has 0 fully saturated rings. The van der Waals surface area contributed by atoms with Gasteiger partial charge >= 0.3 is 6.18 Å². The second-order valence-corrected chi connectivity index (χ2v) is 8.48. The van der Waals surface area contributed by atoms with Crippen molar-refractivity contribution in [1.29, 1.82) is 0 Å². The van der Waals surface area contributed by atoms with Crippen molar-refractivity contribution in [3.05, 3.63) is 89.9 Å². The summed E-state index contributed by atoms with van der Waals surface area (Å²) in [6.07, 6.45) is -1.06. The maximum Gasteiger partial charge on any atom is 0.416 e. The molecule has 5 rings (SSSR count). The molecule has 13 heteroatoms. The van der Waals surface area contributed by atoms with Gasteiger partial charge in [0.2, 0.25) is 0 Å². The van der Waals surface area contributed by atoms with Gasteiger partial charge in [0.25, 0.3) is 11.8 Å². The monoisotopic (exact) mass is 549 g/mol. The van der Waals surface area contributed by atoms with Crippen molar-refractivity contribution in [2.45, 2.75) is 12.7 Å². The van der Waals surface area contributed by atoms with Crippen LogP contribution in [0.25, 0.3) is 16.9 Å². The number of amides is 1. The number of methoxy groups -OCH3 is 2. The summed E-state index contributed by atoms with van der Waals surface area (Å²) in [6.45, 7) is 0.0742. The van der Waals surface area contributed by atoms with Crippen LogP contribution < -0.4 is 20.1 Å². The van der Waals surface area contributed by atoms with Gasteiger partial charge in [-0.1, -0.05) is 6.07 Å². The molecule has 0 saturated carbocycles. The lowest BCUT2D eigenvalue weighted by Crippen LogP contribution is -2.23. The topological polar surface area (TPSA) is 116 Å². The Balaban J connectivity index is 1.26. The van der Waals surface area contributed by atoms with Crippen molar-refractivity contribution in [2.24, 2.45) is 0 Å². The highest BCUT2D eigenvalue weighted by molar-refractivity contribution is 5.94. The lowest BCUT2D eigenvalue weighted by molar-refractivity contribution is -0.137. The van der Waals surface area contributed by atoms with E-state index in [9.17, 15) is 18.0 Å². The van der Waals surface area contributed by atoms with Crippen molar-refractivity contribution in [3.63, 3.8) is 0 Å². The molecule has 0 atom stereocenters. The minimum absolute atomic E-state index is 0.0742. The van der Waals surface area contributed by atoms with E-state index < -0.39 is 17.6 Å². The molecule has 0 saturated heterocycles. The van der Waals surface area contributed by atoms with Gasteiger partial charge < -0.3 is 20.1 Å². The van der Waals surface area contributed by atoms with Gasteiger partial charge in [0.15, 0.2) is 17.2 Å². The molecule has 0 radical (unpaired) electrons. The number of hydrogen-bond donors (Lipinski definition) is 2. The van der Waals surface area contributed by atoms with E-state index in [0.29, 0.717) is 40.3 Å². The third kappa shape index (κ3) is 5.77. The molecule has 4 heterocycles. The molecule has 1 amide bonds. The molecule has 40 heavy (non-hydrogen) atoms. The maximum absolute atomic E-state index is 12.7. The number of benzene rings is 1. The maximum atomic E-state index is 12.7. The number of fused-ring (bicyclic) bond motifs is 1. The van der Waals surface area contributed by atoms with Crippen LogP contribution in [0.3, 0.4) is 0 Å². The van der Waals surface area contributed by atoms with Gasteiger partial charge in [-0.15, -0.1) is 5.10 Å². The highest BCUT2D eigenvalue weighted by Crippen LogP contribution is 2.30. The molecule has 5 aromatic rings. The Morgan fingerprint density at radius 3 is 2.50 bits per heavy atom. The highest BCUT2D eigenvalue weighted by Gasteiger charge is 2.30. The molecule has 204 valence electrons. The fraction of sp³-hybridized carbons (Fsp3) is 0.148. The fourth-order valence-corrected chi connectivity index (χ4v) is 3.84. The van der Waals surface area contributed by atoms with Crippen molar-refractivity contribution < 1.29 is 27.4 Å². The first-order valence-corrected chi connectivity index (χ1v) is 11.9. The van der Waals surface area contributed by atoms with Gasteiger partial charge in [0, 0.05) is 29.6 Å². The van der Waals surface area contributed by atoms with E-state index in [1.807, 2.05) is 0 Å². The standard InChI is InChI=1S/C27H22F3N7O3/c1-39-21-12-17(14-32-26(21)40-2)20-10-11-37-24(34-20)13-23(36-37)35-22-5-3-4-19(33-22)15-31-25(38)16-6-8-18(9-7-16)27(28,29)30/h3-14H,15H2,1-2H3,(H,31,38)(H,33,35,36). The minimum Gasteiger partial charge on any atom is -0.491 e. The van der Waals surface area contributed by atoms with E-state index in [4.69, 9.17) is 9.47 Å². The number of nitrogens with zero attached hydrogens (tertiary/aromatic N) is 5. The predicted octanol–water partition coefficient (Wildman–Crippen LogP) is 4.90. The van der Waals surface area contributed by atoms with Gasteiger partial charge in [0.05, 0.1) is 37.7 Å². The molecule has 2 N–H and O–H groups in total. The lowest BCUT2D eigenvalue weighted by Gasteiger charge is -2.09. The van der Waals surface area contributed by atoms with Crippen molar-refractivity contribution in [3.8, 4) is 22.9 Å². The molecule has 0 spiro atoms. The summed E-state index contributed by atoms with van der Waals surface area (Å²) in [6, 6.07) is 14.5. The van der Waals surface area contributed by atoms with E-state index in [0.717, 1.165) is 29.8 Å². The Kier molecular flexibility index (Phi) is 7.19.